The first-order valence-electron chi connectivity index (χ1n) is 7.03. The molecule has 4 nitrogen and oxygen atoms in total. The lowest BCUT2D eigenvalue weighted by molar-refractivity contribution is -0.140. The maximum absolute atomic E-state index is 11.5. The minimum absolute atomic E-state index is 0.244. The Hall–Kier alpha value is -2.20. The molecule has 0 saturated carbocycles. The molecule has 0 saturated heterocycles. The van der Waals surface area contributed by atoms with E-state index >= 15 is 0 Å². The average molecular weight is 318 g/mol. The molecule has 114 valence electrons. The van der Waals surface area contributed by atoms with Crippen LogP contribution in [0.4, 0.5) is 11.4 Å². The number of halogens is 1. The first-order chi connectivity index (χ1) is 10.7. The summed E-state index contributed by atoms with van der Waals surface area (Å²) in [6.45, 7) is 0.971. The number of nitrogens with zero attached hydrogens (tertiary/aromatic N) is 1. The number of ether oxygens (including phenoxy) is 2. The highest BCUT2D eigenvalue weighted by atomic mass is 35.5. The molecular weight excluding hydrogens is 302 g/mol. The third-order valence-corrected chi connectivity index (χ3v) is 3.88. The second-order valence-corrected chi connectivity index (χ2v) is 5.44. The summed E-state index contributed by atoms with van der Waals surface area (Å²) >= 11 is 6.15. The van der Waals surface area contributed by atoms with Gasteiger partial charge in [0.1, 0.15) is 12.4 Å². The van der Waals surface area contributed by atoms with Crippen molar-refractivity contribution in [2.45, 2.75) is 13.0 Å². The fourth-order valence-electron chi connectivity index (χ4n) is 2.54. The molecule has 1 aliphatic rings. The van der Waals surface area contributed by atoms with Crippen LogP contribution in [0, 0.1) is 0 Å². The van der Waals surface area contributed by atoms with Gasteiger partial charge >= 0.3 is 5.97 Å². The number of carbonyl (C=O) groups excluding carboxylic acids is 1. The van der Waals surface area contributed by atoms with Crippen LogP contribution in [0.5, 0.6) is 5.75 Å². The van der Waals surface area contributed by atoms with Crippen molar-refractivity contribution in [3.8, 4) is 5.75 Å². The van der Waals surface area contributed by atoms with Crippen LogP contribution in [0.15, 0.2) is 42.5 Å². The lowest BCUT2D eigenvalue weighted by Gasteiger charge is -2.25. The van der Waals surface area contributed by atoms with Crippen LogP contribution < -0.4 is 9.64 Å². The number of hydrogen-bond donors (Lipinski definition) is 0. The third-order valence-electron chi connectivity index (χ3n) is 3.64. The Labute approximate surface area is 134 Å². The Balaban J connectivity index is 2.04. The number of methoxy groups -OCH3 is 1. The summed E-state index contributed by atoms with van der Waals surface area (Å²) in [5.41, 5.74) is 2.92. The summed E-state index contributed by atoms with van der Waals surface area (Å²) < 4.78 is 10.6. The number of benzene rings is 2. The molecule has 0 aliphatic carbocycles. The van der Waals surface area contributed by atoms with Gasteiger partial charge in [0, 0.05) is 22.8 Å². The molecule has 2 aromatic rings. The molecular formula is C17H16ClNO3. The van der Waals surface area contributed by atoms with Crippen LogP contribution in [0.2, 0.25) is 5.02 Å². The Bertz CT molecular complexity index is 702. The van der Waals surface area contributed by atoms with Crippen LogP contribution in [-0.4, -0.2) is 19.6 Å². The van der Waals surface area contributed by atoms with Crippen LogP contribution >= 0.6 is 11.6 Å². The molecule has 0 unspecified atom stereocenters. The molecule has 0 aromatic heterocycles. The first kappa shape index (κ1) is 14.7. The van der Waals surface area contributed by atoms with Crippen molar-refractivity contribution in [1.29, 1.82) is 0 Å². The Kier molecular flexibility index (Phi) is 4.20. The third kappa shape index (κ3) is 2.88. The number of para-hydroxylation sites is 2. The maximum Gasteiger partial charge on any atom is 0.307 e. The second-order valence-electron chi connectivity index (χ2n) is 5.01. The van der Waals surface area contributed by atoms with Crippen molar-refractivity contribution in [3.63, 3.8) is 0 Å². The van der Waals surface area contributed by atoms with Gasteiger partial charge in [0.25, 0.3) is 0 Å². The number of anilines is 2. The predicted molar refractivity (Wildman–Crippen MR) is 85.9 cm³/mol. The zero-order chi connectivity index (χ0) is 15.5. The van der Waals surface area contributed by atoms with Crippen molar-refractivity contribution in [3.05, 3.63) is 53.1 Å². The number of hydrogen-bond acceptors (Lipinski definition) is 4. The fourth-order valence-corrected chi connectivity index (χ4v) is 2.71. The Morgan fingerprint density at radius 1 is 1.27 bits per heavy atom. The molecule has 2 aromatic carbocycles. The van der Waals surface area contributed by atoms with Gasteiger partial charge in [0.05, 0.1) is 19.2 Å². The molecule has 0 fully saturated rings. The monoisotopic (exact) mass is 317 g/mol. The topological polar surface area (TPSA) is 38.8 Å². The molecule has 0 amide bonds. The second kappa shape index (κ2) is 6.28. The van der Waals surface area contributed by atoms with E-state index in [0.717, 1.165) is 22.7 Å². The van der Waals surface area contributed by atoms with Crippen molar-refractivity contribution >= 4 is 28.9 Å². The van der Waals surface area contributed by atoms with Crippen molar-refractivity contribution in [2.75, 3.05) is 18.6 Å². The average Bonchev–Trinajstić information content (AvgIpc) is 2.69. The van der Waals surface area contributed by atoms with Gasteiger partial charge in [-0.05, 0) is 24.3 Å². The highest BCUT2D eigenvalue weighted by molar-refractivity contribution is 6.30. The minimum atomic E-state index is -0.244. The van der Waals surface area contributed by atoms with E-state index in [-0.39, 0.29) is 12.4 Å². The first-order valence-corrected chi connectivity index (χ1v) is 7.41. The summed E-state index contributed by atoms with van der Waals surface area (Å²) in [6, 6.07) is 13.5. The molecule has 1 heterocycles. The van der Waals surface area contributed by atoms with E-state index in [2.05, 4.69) is 4.90 Å². The summed E-state index contributed by atoms with van der Waals surface area (Å²) in [7, 11) is 1.40. The van der Waals surface area contributed by atoms with E-state index in [9.17, 15) is 4.79 Å². The molecule has 0 N–H and O–H groups in total. The largest absolute Gasteiger partial charge is 0.487 e. The summed E-state index contributed by atoms with van der Waals surface area (Å²) in [5.74, 6) is 0.547. The number of fused-ring (bicyclic) bond motifs is 2. The van der Waals surface area contributed by atoms with E-state index in [1.165, 1.54) is 7.11 Å². The minimum Gasteiger partial charge on any atom is -0.487 e. The number of rotatable bonds is 3. The van der Waals surface area contributed by atoms with Crippen LogP contribution in [0.25, 0.3) is 0 Å². The summed E-state index contributed by atoms with van der Waals surface area (Å²) in [6.07, 6.45) is 0.288. The highest BCUT2D eigenvalue weighted by Gasteiger charge is 2.22. The molecule has 0 bridgehead atoms. The van der Waals surface area contributed by atoms with Crippen LogP contribution in [0.3, 0.4) is 0 Å². The van der Waals surface area contributed by atoms with Crippen LogP contribution in [0.1, 0.15) is 12.0 Å². The fraction of sp³-hybridized carbons (Fsp3) is 0.235. The van der Waals surface area contributed by atoms with Gasteiger partial charge in [-0.2, -0.15) is 0 Å². The van der Waals surface area contributed by atoms with Crippen molar-refractivity contribution in [2.24, 2.45) is 0 Å². The van der Waals surface area contributed by atoms with E-state index in [1.807, 2.05) is 42.5 Å². The maximum atomic E-state index is 11.5. The predicted octanol–water partition coefficient (Wildman–Crippen LogP) is 3.93. The Morgan fingerprint density at radius 3 is 2.91 bits per heavy atom. The van der Waals surface area contributed by atoms with Gasteiger partial charge in [-0.15, -0.1) is 0 Å². The molecule has 0 spiro atoms. The van der Waals surface area contributed by atoms with Gasteiger partial charge in [0.2, 0.25) is 0 Å². The van der Waals surface area contributed by atoms with Crippen LogP contribution in [-0.2, 0) is 16.1 Å². The normalized spacial score (nSPS) is 12.7. The standard InChI is InChI=1S/C17H16ClNO3/c1-21-17(20)8-9-19-14-4-2-3-5-16(14)22-11-12-6-7-13(18)10-15(12)19/h2-7,10H,8-9,11H2,1H3. The van der Waals surface area contributed by atoms with E-state index in [1.54, 1.807) is 0 Å². The smallest absolute Gasteiger partial charge is 0.307 e. The zero-order valence-corrected chi connectivity index (χ0v) is 13.0. The van der Waals surface area contributed by atoms with E-state index in [0.29, 0.717) is 18.2 Å². The molecule has 3 rings (SSSR count). The Morgan fingerprint density at radius 2 is 2.09 bits per heavy atom. The van der Waals surface area contributed by atoms with Crippen molar-refractivity contribution in [1.82, 2.24) is 0 Å². The molecule has 1 aliphatic heterocycles. The molecule has 0 radical (unpaired) electrons. The van der Waals surface area contributed by atoms with Gasteiger partial charge < -0.3 is 14.4 Å². The quantitative estimate of drug-likeness (QED) is 0.804. The zero-order valence-electron chi connectivity index (χ0n) is 12.2. The number of carbonyl (C=O) groups is 1. The number of esters is 1. The van der Waals surface area contributed by atoms with Gasteiger partial charge in [0.15, 0.2) is 0 Å². The SMILES string of the molecule is COC(=O)CCN1c2cc(Cl)ccc2COc2ccccc21. The molecule has 0 atom stereocenters. The van der Waals surface area contributed by atoms with Gasteiger partial charge in [-0.25, -0.2) is 0 Å². The lowest BCUT2D eigenvalue weighted by atomic mass is 10.1. The molecule has 5 heteroatoms. The van der Waals surface area contributed by atoms with Gasteiger partial charge in [-0.3, -0.25) is 4.79 Å². The van der Waals surface area contributed by atoms with E-state index in [4.69, 9.17) is 21.1 Å². The van der Waals surface area contributed by atoms with Crippen molar-refractivity contribution < 1.29 is 14.3 Å². The summed E-state index contributed by atoms with van der Waals surface area (Å²) in [4.78, 5) is 13.6. The lowest BCUT2D eigenvalue weighted by Crippen LogP contribution is -2.21. The van der Waals surface area contributed by atoms with Gasteiger partial charge in [-0.1, -0.05) is 29.8 Å². The summed E-state index contributed by atoms with van der Waals surface area (Å²) in [5, 5.41) is 0.654. The van der Waals surface area contributed by atoms with E-state index < -0.39 is 0 Å². The highest BCUT2D eigenvalue weighted by Crippen LogP contribution is 2.40. The molecule has 22 heavy (non-hydrogen) atoms.